The minimum absolute atomic E-state index is 0.0121. The monoisotopic (exact) mass is 459 g/mol. The molecule has 0 aliphatic carbocycles. The average Bonchev–Trinajstić information content (AvgIpc) is 3.16. The molecule has 0 aliphatic heterocycles. The molecule has 11 heteroatoms. The molecule has 166 valence electrons. The number of carbonyl (C=O) groups is 1. The van der Waals surface area contributed by atoms with Crippen molar-refractivity contribution in [1.82, 2.24) is 9.97 Å². The molecular formula is C21H18FN3O6S. The first-order valence-corrected chi connectivity index (χ1v) is 11.0. The molecule has 2 aromatic carbocycles. The number of hydrogen-bond acceptors (Lipinski definition) is 6. The number of sulfonamides is 1. The van der Waals surface area contributed by atoms with Crippen LogP contribution in [0.15, 0.2) is 52.3 Å². The van der Waals surface area contributed by atoms with Crippen LogP contribution in [0.25, 0.3) is 21.8 Å². The van der Waals surface area contributed by atoms with Crippen LogP contribution in [-0.2, 0) is 14.8 Å². The normalized spacial score (nSPS) is 11.6. The predicted octanol–water partition coefficient (Wildman–Crippen LogP) is 3.79. The Morgan fingerprint density at radius 1 is 1.22 bits per heavy atom. The van der Waals surface area contributed by atoms with Crippen LogP contribution in [0.5, 0.6) is 5.75 Å². The van der Waals surface area contributed by atoms with Crippen LogP contribution in [0, 0.1) is 12.7 Å². The van der Waals surface area contributed by atoms with E-state index >= 15 is 0 Å². The molecule has 3 N–H and O–H groups in total. The van der Waals surface area contributed by atoms with Gasteiger partial charge >= 0.3 is 6.16 Å². The summed E-state index contributed by atoms with van der Waals surface area (Å²) in [6, 6.07) is 8.13. The van der Waals surface area contributed by atoms with Gasteiger partial charge in [-0.2, -0.15) is 0 Å². The highest BCUT2D eigenvalue weighted by atomic mass is 32.2. The number of pyridine rings is 1. The first-order valence-electron chi connectivity index (χ1n) is 9.51. The van der Waals surface area contributed by atoms with Gasteiger partial charge in [0, 0.05) is 22.7 Å². The Bertz CT molecular complexity index is 1520. The number of nitrogens with one attached hydrogen (secondary N) is 3. The van der Waals surface area contributed by atoms with Crippen LogP contribution in [0.4, 0.5) is 14.9 Å². The third-order valence-electron chi connectivity index (χ3n) is 4.86. The van der Waals surface area contributed by atoms with Gasteiger partial charge in [-0.3, -0.25) is 9.52 Å². The lowest BCUT2D eigenvalue weighted by Gasteiger charge is -2.12. The van der Waals surface area contributed by atoms with Crippen molar-refractivity contribution in [3.05, 3.63) is 64.3 Å². The molecule has 0 unspecified atom stereocenters. The fourth-order valence-corrected chi connectivity index (χ4v) is 4.43. The molecule has 2 heterocycles. The Morgan fingerprint density at radius 3 is 2.75 bits per heavy atom. The number of fused-ring (bicyclic) bond motifs is 3. The van der Waals surface area contributed by atoms with Crippen LogP contribution in [-0.4, -0.2) is 31.1 Å². The van der Waals surface area contributed by atoms with Gasteiger partial charge in [-0.05, 0) is 44.2 Å². The largest absolute Gasteiger partial charge is 0.513 e. The SMILES string of the molecule is CCOC(=O)Oc1c[nH]c2c(=O)[nH]c3ccc(S(=O)(=O)Nc4cccc(F)c4C)cc3c12. The van der Waals surface area contributed by atoms with Gasteiger partial charge in [-0.15, -0.1) is 0 Å². The van der Waals surface area contributed by atoms with Crippen molar-refractivity contribution in [2.24, 2.45) is 0 Å². The number of ether oxygens (including phenoxy) is 2. The molecule has 4 rings (SSSR count). The fraction of sp³-hybridized carbons (Fsp3) is 0.143. The molecule has 0 fully saturated rings. The van der Waals surface area contributed by atoms with E-state index in [0.29, 0.717) is 10.9 Å². The molecule has 0 bridgehead atoms. The van der Waals surface area contributed by atoms with Crippen molar-refractivity contribution in [2.75, 3.05) is 11.3 Å². The van der Waals surface area contributed by atoms with Crippen molar-refractivity contribution in [1.29, 1.82) is 0 Å². The number of halogens is 1. The van der Waals surface area contributed by atoms with Crippen molar-refractivity contribution in [3.63, 3.8) is 0 Å². The molecule has 0 amide bonds. The maximum absolute atomic E-state index is 13.8. The van der Waals surface area contributed by atoms with E-state index in [2.05, 4.69) is 14.7 Å². The second-order valence-electron chi connectivity index (χ2n) is 6.87. The van der Waals surface area contributed by atoms with E-state index in [4.69, 9.17) is 9.47 Å². The first kappa shape index (κ1) is 21.4. The topological polar surface area (TPSA) is 130 Å². The van der Waals surface area contributed by atoms with E-state index in [9.17, 15) is 22.4 Å². The highest BCUT2D eigenvalue weighted by Crippen LogP contribution is 2.32. The van der Waals surface area contributed by atoms with E-state index in [1.165, 1.54) is 49.5 Å². The average molecular weight is 459 g/mol. The smallest absolute Gasteiger partial charge is 0.434 e. The van der Waals surface area contributed by atoms with Crippen LogP contribution < -0.4 is 15.0 Å². The van der Waals surface area contributed by atoms with Gasteiger partial charge in [0.15, 0.2) is 5.75 Å². The van der Waals surface area contributed by atoms with E-state index in [1.54, 1.807) is 6.92 Å². The number of anilines is 1. The zero-order chi connectivity index (χ0) is 23.0. The van der Waals surface area contributed by atoms with E-state index < -0.39 is 27.6 Å². The number of hydrogen-bond donors (Lipinski definition) is 3. The number of aromatic nitrogens is 2. The number of benzene rings is 2. The second kappa shape index (κ2) is 8.00. The van der Waals surface area contributed by atoms with E-state index in [1.807, 2.05) is 0 Å². The third kappa shape index (κ3) is 3.78. The van der Waals surface area contributed by atoms with Crippen molar-refractivity contribution in [3.8, 4) is 5.75 Å². The van der Waals surface area contributed by atoms with Crippen molar-refractivity contribution < 1.29 is 27.1 Å². The molecule has 0 saturated carbocycles. The zero-order valence-electron chi connectivity index (χ0n) is 17.0. The first-order chi connectivity index (χ1) is 15.2. The fourth-order valence-electron chi connectivity index (χ4n) is 3.28. The Hall–Kier alpha value is -3.86. The molecule has 0 spiro atoms. The van der Waals surface area contributed by atoms with Crippen molar-refractivity contribution in [2.45, 2.75) is 18.7 Å². The zero-order valence-corrected chi connectivity index (χ0v) is 17.8. The molecule has 4 aromatic rings. The number of carbonyl (C=O) groups excluding carboxylic acids is 1. The standard InChI is InChI=1S/C21H18FN3O6S/c1-3-30-21(27)31-17-10-23-19-18(17)13-9-12(7-8-16(13)24-20(19)26)32(28,29)25-15-6-4-5-14(22)11(15)2/h4-10,23,25H,3H2,1-2H3,(H,24,26). The quantitative estimate of drug-likeness (QED) is 0.389. The molecule has 0 radical (unpaired) electrons. The highest BCUT2D eigenvalue weighted by Gasteiger charge is 2.20. The summed E-state index contributed by atoms with van der Waals surface area (Å²) in [4.78, 5) is 29.4. The summed E-state index contributed by atoms with van der Waals surface area (Å²) in [5.74, 6) is -0.533. The minimum Gasteiger partial charge on any atom is -0.434 e. The van der Waals surface area contributed by atoms with Gasteiger partial charge in [0.05, 0.1) is 22.6 Å². The molecule has 2 aromatic heterocycles. The van der Waals surface area contributed by atoms with Gasteiger partial charge in [-0.1, -0.05) is 6.07 Å². The predicted molar refractivity (Wildman–Crippen MR) is 116 cm³/mol. The molecule has 0 atom stereocenters. The molecule has 0 aliphatic rings. The summed E-state index contributed by atoms with van der Waals surface area (Å²) in [6.07, 6.45) is 0.347. The summed E-state index contributed by atoms with van der Waals surface area (Å²) >= 11 is 0. The lowest BCUT2D eigenvalue weighted by molar-refractivity contribution is 0.105. The Balaban J connectivity index is 1.85. The Kier molecular flexibility index (Phi) is 5.35. The highest BCUT2D eigenvalue weighted by molar-refractivity contribution is 7.92. The van der Waals surface area contributed by atoms with Crippen LogP contribution in [0.1, 0.15) is 12.5 Å². The number of rotatable bonds is 5. The summed E-state index contributed by atoms with van der Waals surface area (Å²) in [5, 5.41) is 0.537. The molecule has 9 nitrogen and oxygen atoms in total. The van der Waals surface area contributed by atoms with Gasteiger partial charge < -0.3 is 19.4 Å². The molecule has 32 heavy (non-hydrogen) atoms. The van der Waals surface area contributed by atoms with Crippen molar-refractivity contribution >= 4 is 43.7 Å². The van der Waals surface area contributed by atoms with Gasteiger partial charge in [0.25, 0.3) is 15.6 Å². The molecular weight excluding hydrogens is 441 g/mol. The summed E-state index contributed by atoms with van der Waals surface area (Å²) in [7, 11) is -4.10. The lowest BCUT2D eigenvalue weighted by Crippen LogP contribution is -2.14. The minimum atomic E-state index is -4.10. The number of H-pyrrole nitrogens is 2. The van der Waals surface area contributed by atoms with Crippen LogP contribution in [0.2, 0.25) is 0 Å². The van der Waals surface area contributed by atoms with E-state index in [-0.39, 0.29) is 39.4 Å². The third-order valence-corrected chi connectivity index (χ3v) is 6.22. The van der Waals surface area contributed by atoms with Gasteiger partial charge in [-0.25, -0.2) is 17.6 Å². The maximum atomic E-state index is 13.8. The maximum Gasteiger partial charge on any atom is 0.513 e. The van der Waals surface area contributed by atoms with Gasteiger partial charge in [0.1, 0.15) is 11.3 Å². The summed E-state index contributed by atoms with van der Waals surface area (Å²) in [5.41, 5.74) is 0.205. The summed E-state index contributed by atoms with van der Waals surface area (Å²) < 4.78 is 52.1. The molecule has 0 saturated heterocycles. The number of aromatic amines is 2. The Morgan fingerprint density at radius 2 is 2.00 bits per heavy atom. The van der Waals surface area contributed by atoms with Crippen LogP contribution >= 0.6 is 0 Å². The lowest BCUT2D eigenvalue weighted by atomic mass is 10.1. The summed E-state index contributed by atoms with van der Waals surface area (Å²) in [6.45, 7) is 3.16. The van der Waals surface area contributed by atoms with Crippen LogP contribution in [0.3, 0.4) is 0 Å². The van der Waals surface area contributed by atoms with E-state index in [0.717, 1.165) is 0 Å². The Labute approximate surface area is 181 Å². The second-order valence-corrected chi connectivity index (χ2v) is 8.55. The van der Waals surface area contributed by atoms with Gasteiger partial charge in [0.2, 0.25) is 0 Å².